The Hall–Kier alpha value is -2.92. The zero-order valence-electron chi connectivity index (χ0n) is 13.1. The molecular weight excluding hydrogens is 330 g/mol. The number of thioether (sulfide) groups is 1. The topological polar surface area (TPSA) is 108 Å². The molecule has 0 fully saturated rings. The molecule has 2 rings (SSSR count). The maximum absolute atomic E-state index is 10.8. The zero-order chi connectivity index (χ0) is 17.5. The van der Waals surface area contributed by atoms with Gasteiger partial charge in [0, 0.05) is 0 Å². The van der Waals surface area contributed by atoms with Crippen LogP contribution < -0.4 is 10.1 Å². The molecule has 1 heterocycles. The number of rotatable bonds is 5. The van der Waals surface area contributed by atoms with Gasteiger partial charge in [0.15, 0.2) is 11.4 Å². The van der Waals surface area contributed by atoms with Gasteiger partial charge in [0.2, 0.25) is 5.76 Å². The van der Waals surface area contributed by atoms with Gasteiger partial charge in [-0.25, -0.2) is 9.79 Å². The average molecular weight is 345 g/mol. The van der Waals surface area contributed by atoms with Crippen LogP contribution in [0, 0.1) is 18.4 Å². The molecule has 2 N–H and O–H groups in total. The number of hydrogen-bond acceptors (Lipinski definition) is 6. The van der Waals surface area contributed by atoms with Gasteiger partial charge in [-0.05, 0) is 49.1 Å². The molecule has 0 radical (unpaired) electrons. The quantitative estimate of drug-likeness (QED) is 0.370. The van der Waals surface area contributed by atoms with Gasteiger partial charge in [-0.1, -0.05) is 11.8 Å². The smallest absolute Gasteiger partial charge is 0.371 e. The molecule has 124 valence electrons. The van der Waals surface area contributed by atoms with Gasteiger partial charge in [0.25, 0.3) is 0 Å². The predicted molar refractivity (Wildman–Crippen MR) is 90.5 cm³/mol. The van der Waals surface area contributed by atoms with E-state index >= 15 is 0 Å². The van der Waals surface area contributed by atoms with Crippen molar-refractivity contribution < 1.29 is 19.1 Å². The predicted octanol–water partition coefficient (Wildman–Crippen LogP) is 3.29. The molecule has 0 bridgehead atoms. The lowest BCUT2D eigenvalue weighted by Gasteiger charge is -2.08. The molecule has 1 aromatic heterocycles. The van der Waals surface area contributed by atoms with E-state index in [9.17, 15) is 4.79 Å². The summed E-state index contributed by atoms with van der Waals surface area (Å²) >= 11 is 1.34. The van der Waals surface area contributed by atoms with Crippen molar-refractivity contribution in [2.24, 2.45) is 4.99 Å². The fraction of sp³-hybridized carbons (Fsp3) is 0.188. The number of aryl methyl sites for hydroxylation is 1. The summed E-state index contributed by atoms with van der Waals surface area (Å²) in [6, 6.07) is 8.29. The Bertz CT molecular complexity index is 808. The van der Waals surface area contributed by atoms with Crippen molar-refractivity contribution in [1.29, 1.82) is 5.26 Å². The number of amidine groups is 1. The molecule has 0 amide bonds. The number of benzene rings is 1. The van der Waals surface area contributed by atoms with E-state index in [-0.39, 0.29) is 12.4 Å². The second-order valence-corrected chi connectivity index (χ2v) is 5.46. The number of hydrogen-bond donors (Lipinski definition) is 2. The second-order valence-electron chi connectivity index (χ2n) is 4.67. The fourth-order valence-electron chi connectivity index (χ4n) is 1.85. The van der Waals surface area contributed by atoms with Gasteiger partial charge in [-0.15, -0.1) is 0 Å². The van der Waals surface area contributed by atoms with Gasteiger partial charge in [-0.3, -0.25) is 5.32 Å². The Kier molecular flexibility index (Phi) is 5.87. The highest BCUT2D eigenvalue weighted by molar-refractivity contribution is 8.13. The normalized spacial score (nSPS) is 11.0. The van der Waals surface area contributed by atoms with E-state index in [2.05, 4.69) is 10.3 Å². The Morgan fingerprint density at radius 2 is 2.25 bits per heavy atom. The van der Waals surface area contributed by atoms with Crippen molar-refractivity contribution in [1.82, 2.24) is 5.32 Å². The Labute approximate surface area is 143 Å². The van der Waals surface area contributed by atoms with E-state index in [0.29, 0.717) is 16.7 Å². The number of nitrogens with one attached hydrogen (secondary N) is 1. The first kappa shape index (κ1) is 17.4. The molecular formula is C16H15N3O4S. The molecule has 0 aliphatic heterocycles. The number of carboxylic acid groups (broad SMARTS) is 1. The van der Waals surface area contributed by atoms with Crippen molar-refractivity contribution in [3.8, 4) is 11.9 Å². The number of carbonyl (C=O) groups is 1. The van der Waals surface area contributed by atoms with Crippen molar-refractivity contribution in [2.45, 2.75) is 13.5 Å². The van der Waals surface area contributed by atoms with Gasteiger partial charge < -0.3 is 14.3 Å². The third-order valence-electron chi connectivity index (χ3n) is 3.00. The summed E-state index contributed by atoms with van der Waals surface area (Å²) in [5.74, 6) is -0.201. The Balaban J connectivity index is 2.06. The molecule has 0 aliphatic rings. The lowest BCUT2D eigenvalue weighted by atomic mass is 10.2. The molecule has 2 aromatic rings. The molecule has 0 unspecified atom stereocenters. The minimum absolute atomic E-state index is 0.121. The number of ether oxygens (including phenoxy) is 1. The van der Waals surface area contributed by atoms with Gasteiger partial charge in [-0.2, -0.15) is 5.26 Å². The Morgan fingerprint density at radius 3 is 2.83 bits per heavy atom. The van der Waals surface area contributed by atoms with Crippen LogP contribution in [0.15, 0.2) is 39.7 Å². The number of nitrogens with zero attached hydrogens (tertiary/aromatic N) is 2. The summed E-state index contributed by atoms with van der Waals surface area (Å²) in [6.45, 7) is 2.01. The van der Waals surface area contributed by atoms with Crippen LogP contribution in [-0.2, 0) is 6.61 Å². The van der Waals surface area contributed by atoms with Gasteiger partial charge in [0.05, 0.1) is 5.69 Å². The first-order valence-electron chi connectivity index (χ1n) is 6.86. The molecule has 24 heavy (non-hydrogen) atoms. The van der Waals surface area contributed by atoms with Crippen LogP contribution in [0.5, 0.6) is 5.75 Å². The third kappa shape index (κ3) is 4.54. The molecule has 8 heteroatoms. The number of furan rings is 1. The van der Waals surface area contributed by atoms with Crippen LogP contribution in [0.4, 0.5) is 5.69 Å². The summed E-state index contributed by atoms with van der Waals surface area (Å²) < 4.78 is 10.7. The monoisotopic (exact) mass is 345 g/mol. The van der Waals surface area contributed by atoms with E-state index in [0.717, 1.165) is 11.3 Å². The van der Waals surface area contributed by atoms with Crippen LogP contribution in [-0.4, -0.2) is 22.5 Å². The van der Waals surface area contributed by atoms with E-state index < -0.39 is 5.97 Å². The van der Waals surface area contributed by atoms with Crippen molar-refractivity contribution in [3.05, 3.63) is 47.4 Å². The van der Waals surface area contributed by atoms with Crippen LogP contribution in [0.2, 0.25) is 0 Å². The fourth-order valence-corrected chi connectivity index (χ4v) is 2.19. The lowest BCUT2D eigenvalue weighted by Crippen LogP contribution is -2.12. The van der Waals surface area contributed by atoms with E-state index in [1.54, 1.807) is 18.2 Å². The maximum atomic E-state index is 10.8. The van der Waals surface area contributed by atoms with Crippen LogP contribution >= 0.6 is 11.8 Å². The highest BCUT2D eigenvalue weighted by atomic mass is 32.2. The van der Waals surface area contributed by atoms with Crippen molar-refractivity contribution in [2.75, 3.05) is 6.26 Å². The van der Waals surface area contributed by atoms with Crippen molar-refractivity contribution in [3.63, 3.8) is 0 Å². The van der Waals surface area contributed by atoms with E-state index in [1.165, 1.54) is 17.8 Å². The van der Waals surface area contributed by atoms with E-state index in [1.807, 2.05) is 25.4 Å². The van der Waals surface area contributed by atoms with Crippen LogP contribution in [0.1, 0.15) is 21.9 Å². The summed E-state index contributed by atoms with van der Waals surface area (Å²) in [5.41, 5.74) is 1.60. The first-order valence-corrected chi connectivity index (χ1v) is 8.09. The summed E-state index contributed by atoms with van der Waals surface area (Å²) in [6.07, 6.45) is 3.66. The molecule has 0 aliphatic carbocycles. The SMILES string of the molecule is CSC(=Nc1ccc(OCc2ccc(C(=O)O)o2)cc1C)NC#N. The van der Waals surface area contributed by atoms with Crippen LogP contribution in [0.3, 0.4) is 0 Å². The maximum Gasteiger partial charge on any atom is 0.371 e. The lowest BCUT2D eigenvalue weighted by molar-refractivity contribution is 0.0658. The van der Waals surface area contributed by atoms with E-state index in [4.69, 9.17) is 19.5 Å². The second kappa shape index (κ2) is 8.08. The largest absolute Gasteiger partial charge is 0.486 e. The standard InChI is InChI=1S/C16H15N3O4S/c1-10-7-11(3-5-13(10)19-16(24-2)18-9-17)22-8-12-4-6-14(23-12)15(20)21/h3-7H,8H2,1-2H3,(H,18,19)(H,20,21). The first-order chi connectivity index (χ1) is 11.5. The van der Waals surface area contributed by atoms with Crippen LogP contribution in [0.25, 0.3) is 0 Å². The molecule has 0 spiro atoms. The summed E-state index contributed by atoms with van der Waals surface area (Å²) in [7, 11) is 0. The summed E-state index contributed by atoms with van der Waals surface area (Å²) in [5, 5.41) is 20.5. The zero-order valence-corrected chi connectivity index (χ0v) is 13.9. The van der Waals surface area contributed by atoms with Gasteiger partial charge >= 0.3 is 5.97 Å². The minimum Gasteiger partial charge on any atom is -0.486 e. The highest BCUT2D eigenvalue weighted by Crippen LogP contribution is 2.25. The average Bonchev–Trinajstić information content (AvgIpc) is 3.03. The third-order valence-corrected chi connectivity index (χ3v) is 3.58. The number of carboxylic acids is 1. The molecule has 0 saturated heterocycles. The number of nitriles is 1. The molecule has 0 atom stereocenters. The highest BCUT2D eigenvalue weighted by Gasteiger charge is 2.09. The minimum atomic E-state index is -1.12. The van der Waals surface area contributed by atoms with Gasteiger partial charge in [0.1, 0.15) is 18.1 Å². The summed E-state index contributed by atoms with van der Waals surface area (Å²) in [4.78, 5) is 15.1. The number of aliphatic imine (C=N–C) groups is 1. The van der Waals surface area contributed by atoms with Crippen molar-refractivity contribution >= 4 is 28.6 Å². The number of aromatic carboxylic acids is 1. The molecule has 0 saturated carbocycles. The molecule has 1 aromatic carbocycles. The Morgan fingerprint density at radius 1 is 1.46 bits per heavy atom. The molecule has 7 nitrogen and oxygen atoms in total.